The fraction of sp³-hybridized carbons (Fsp3) is 0.636. The summed E-state index contributed by atoms with van der Waals surface area (Å²) in [5, 5.41) is 3.29. The van der Waals surface area contributed by atoms with Gasteiger partial charge in [0.25, 0.3) is 5.91 Å². The van der Waals surface area contributed by atoms with Crippen LogP contribution in [0.2, 0.25) is 5.02 Å². The van der Waals surface area contributed by atoms with Crippen molar-refractivity contribution in [2.75, 3.05) is 13.2 Å². The van der Waals surface area contributed by atoms with E-state index in [0.717, 1.165) is 12.8 Å². The van der Waals surface area contributed by atoms with Crippen LogP contribution < -0.4 is 5.32 Å². The molecule has 27 heavy (non-hydrogen) atoms. The summed E-state index contributed by atoms with van der Waals surface area (Å²) in [6, 6.07) is 6.64. The van der Waals surface area contributed by atoms with Crippen LogP contribution in [0.3, 0.4) is 0 Å². The van der Waals surface area contributed by atoms with Crippen LogP contribution >= 0.6 is 11.6 Å². The molecular weight excluding hydrogens is 362 g/mol. The van der Waals surface area contributed by atoms with Gasteiger partial charge in [0.2, 0.25) is 0 Å². The van der Waals surface area contributed by atoms with Crippen molar-refractivity contribution >= 4 is 23.5 Å². The van der Waals surface area contributed by atoms with Gasteiger partial charge < -0.3 is 10.1 Å². The Labute approximate surface area is 169 Å². The van der Waals surface area contributed by atoms with Gasteiger partial charge in [-0.15, -0.1) is 0 Å². The van der Waals surface area contributed by atoms with Gasteiger partial charge in [-0.25, -0.2) is 0 Å². The SMILES string of the molecule is CCCCCCCCCCCCOC(=O)CCNC(=O)c1ccc(Cl)cc1. The summed E-state index contributed by atoms with van der Waals surface area (Å²) >= 11 is 5.79. The smallest absolute Gasteiger partial charge is 0.307 e. The normalized spacial score (nSPS) is 10.6. The van der Waals surface area contributed by atoms with Gasteiger partial charge in [0, 0.05) is 17.1 Å². The Kier molecular flexibility index (Phi) is 13.5. The van der Waals surface area contributed by atoms with Gasteiger partial charge in [0.15, 0.2) is 0 Å². The van der Waals surface area contributed by atoms with Crippen molar-refractivity contribution in [3.05, 3.63) is 34.9 Å². The Bertz CT molecular complexity index is 531. The highest BCUT2D eigenvalue weighted by molar-refractivity contribution is 6.30. The zero-order valence-electron chi connectivity index (χ0n) is 16.6. The second-order valence-corrected chi connectivity index (χ2v) is 7.35. The number of esters is 1. The molecule has 1 aromatic rings. The maximum atomic E-state index is 11.9. The monoisotopic (exact) mass is 395 g/mol. The van der Waals surface area contributed by atoms with Crippen LogP contribution in [0.1, 0.15) is 87.9 Å². The van der Waals surface area contributed by atoms with Crippen LogP contribution in [0.15, 0.2) is 24.3 Å². The van der Waals surface area contributed by atoms with E-state index in [9.17, 15) is 9.59 Å². The predicted octanol–water partition coefficient (Wildman–Crippen LogP) is 5.92. The molecule has 0 aliphatic heterocycles. The van der Waals surface area contributed by atoms with Gasteiger partial charge >= 0.3 is 5.97 Å². The number of unbranched alkanes of at least 4 members (excludes halogenated alkanes) is 9. The van der Waals surface area contributed by atoms with Crippen LogP contribution in [0, 0.1) is 0 Å². The van der Waals surface area contributed by atoms with E-state index < -0.39 is 0 Å². The van der Waals surface area contributed by atoms with Crippen LogP contribution in [0.25, 0.3) is 0 Å². The summed E-state index contributed by atoms with van der Waals surface area (Å²) in [4.78, 5) is 23.6. The fourth-order valence-corrected chi connectivity index (χ4v) is 2.96. The van der Waals surface area contributed by atoms with E-state index >= 15 is 0 Å². The lowest BCUT2D eigenvalue weighted by atomic mass is 10.1. The Morgan fingerprint density at radius 1 is 0.889 bits per heavy atom. The second kappa shape index (κ2) is 15.5. The molecule has 0 radical (unpaired) electrons. The van der Waals surface area contributed by atoms with Crippen LogP contribution in [0.4, 0.5) is 0 Å². The third-order valence-electron chi connectivity index (χ3n) is 4.48. The summed E-state index contributed by atoms with van der Waals surface area (Å²) in [6.45, 7) is 2.99. The number of hydrogen-bond donors (Lipinski definition) is 1. The number of nitrogens with one attached hydrogen (secondary N) is 1. The molecule has 0 fully saturated rings. The largest absolute Gasteiger partial charge is 0.466 e. The quantitative estimate of drug-likeness (QED) is 0.296. The lowest BCUT2D eigenvalue weighted by molar-refractivity contribution is -0.143. The predicted molar refractivity (Wildman–Crippen MR) is 111 cm³/mol. The number of benzene rings is 1. The maximum absolute atomic E-state index is 11.9. The first-order valence-electron chi connectivity index (χ1n) is 10.3. The topological polar surface area (TPSA) is 55.4 Å². The van der Waals surface area contributed by atoms with Crippen molar-refractivity contribution in [2.24, 2.45) is 0 Å². The van der Waals surface area contributed by atoms with E-state index in [1.165, 1.54) is 51.4 Å². The van der Waals surface area contributed by atoms with Gasteiger partial charge in [-0.2, -0.15) is 0 Å². The van der Waals surface area contributed by atoms with Crippen LogP contribution in [-0.2, 0) is 9.53 Å². The minimum Gasteiger partial charge on any atom is -0.466 e. The van der Waals surface area contributed by atoms with Crippen molar-refractivity contribution in [2.45, 2.75) is 77.6 Å². The number of amides is 1. The number of ether oxygens (including phenoxy) is 1. The average molecular weight is 396 g/mol. The zero-order chi connectivity index (χ0) is 19.7. The van der Waals surface area contributed by atoms with Gasteiger partial charge in [-0.05, 0) is 30.7 Å². The highest BCUT2D eigenvalue weighted by Crippen LogP contribution is 2.11. The summed E-state index contributed by atoms with van der Waals surface area (Å²) < 4.78 is 5.21. The minimum atomic E-state index is -0.262. The Balaban J connectivity index is 1.92. The third-order valence-corrected chi connectivity index (χ3v) is 4.73. The summed E-state index contributed by atoms with van der Waals surface area (Å²) in [6.07, 6.45) is 12.7. The van der Waals surface area contributed by atoms with E-state index in [0.29, 0.717) is 17.2 Å². The molecule has 4 nitrogen and oxygen atoms in total. The summed E-state index contributed by atoms with van der Waals surface area (Å²) in [5.41, 5.74) is 0.526. The highest BCUT2D eigenvalue weighted by Gasteiger charge is 2.07. The third kappa shape index (κ3) is 12.5. The van der Waals surface area contributed by atoms with Crippen molar-refractivity contribution in [3.8, 4) is 0 Å². The molecule has 0 saturated heterocycles. The van der Waals surface area contributed by atoms with Gasteiger partial charge in [-0.3, -0.25) is 9.59 Å². The van der Waals surface area contributed by atoms with E-state index in [1.54, 1.807) is 24.3 Å². The molecule has 0 spiro atoms. The summed E-state index contributed by atoms with van der Waals surface area (Å²) in [5.74, 6) is -0.475. The molecule has 0 bridgehead atoms. The molecule has 0 aliphatic carbocycles. The van der Waals surface area contributed by atoms with Crippen molar-refractivity contribution in [1.29, 1.82) is 0 Å². The average Bonchev–Trinajstić information content (AvgIpc) is 2.66. The standard InChI is InChI=1S/C22H34ClNO3/c1-2-3-4-5-6-7-8-9-10-11-18-27-21(25)16-17-24-22(26)19-12-14-20(23)15-13-19/h12-15H,2-11,16-18H2,1H3,(H,24,26). The molecule has 0 atom stereocenters. The number of hydrogen-bond acceptors (Lipinski definition) is 3. The Hall–Kier alpha value is -1.55. The molecular formula is C22H34ClNO3. The first-order chi connectivity index (χ1) is 13.1. The van der Waals surface area contributed by atoms with E-state index in [4.69, 9.17) is 16.3 Å². The molecule has 0 unspecified atom stereocenters. The molecule has 1 rings (SSSR count). The Morgan fingerprint density at radius 3 is 2.04 bits per heavy atom. The number of carbonyl (C=O) groups excluding carboxylic acids is 2. The molecule has 1 aromatic carbocycles. The molecule has 0 heterocycles. The lowest BCUT2D eigenvalue weighted by Gasteiger charge is -2.07. The molecule has 152 valence electrons. The van der Waals surface area contributed by atoms with Crippen molar-refractivity contribution in [3.63, 3.8) is 0 Å². The first kappa shape index (κ1) is 23.5. The Morgan fingerprint density at radius 2 is 1.44 bits per heavy atom. The van der Waals surface area contributed by atoms with E-state index in [2.05, 4.69) is 12.2 Å². The second-order valence-electron chi connectivity index (χ2n) is 6.92. The molecule has 0 saturated carbocycles. The number of rotatable bonds is 15. The van der Waals surface area contributed by atoms with E-state index in [-0.39, 0.29) is 24.8 Å². The van der Waals surface area contributed by atoms with Crippen molar-refractivity contribution < 1.29 is 14.3 Å². The lowest BCUT2D eigenvalue weighted by Crippen LogP contribution is -2.26. The molecule has 5 heteroatoms. The van der Waals surface area contributed by atoms with Gasteiger partial charge in [0.1, 0.15) is 0 Å². The number of halogens is 1. The van der Waals surface area contributed by atoms with E-state index in [1.807, 2.05) is 0 Å². The molecule has 0 aliphatic rings. The van der Waals surface area contributed by atoms with Gasteiger partial charge in [0.05, 0.1) is 13.0 Å². The minimum absolute atomic E-state index is 0.192. The fourth-order valence-electron chi connectivity index (χ4n) is 2.83. The number of carbonyl (C=O) groups is 2. The molecule has 1 amide bonds. The highest BCUT2D eigenvalue weighted by atomic mass is 35.5. The maximum Gasteiger partial charge on any atom is 0.307 e. The van der Waals surface area contributed by atoms with Crippen molar-refractivity contribution in [1.82, 2.24) is 5.32 Å². The summed E-state index contributed by atoms with van der Waals surface area (Å²) in [7, 11) is 0. The molecule has 0 aromatic heterocycles. The van der Waals surface area contributed by atoms with Crippen LogP contribution in [-0.4, -0.2) is 25.0 Å². The first-order valence-corrected chi connectivity index (χ1v) is 10.7. The van der Waals surface area contributed by atoms with Gasteiger partial charge in [-0.1, -0.05) is 76.3 Å². The molecule has 1 N–H and O–H groups in total. The van der Waals surface area contributed by atoms with Crippen LogP contribution in [0.5, 0.6) is 0 Å². The zero-order valence-corrected chi connectivity index (χ0v) is 17.4.